The Bertz CT molecular complexity index is 1540. The molecule has 3 N–H and O–H groups in total. The molecule has 8 nitrogen and oxygen atoms in total. The van der Waals surface area contributed by atoms with Gasteiger partial charge in [-0.05, 0) is 40.7 Å². The molecule has 0 aliphatic heterocycles. The molecule has 10 heteroatoms. The largest absolute Gasteiger partial charge is 0.452 e. The molecule has 1 amide bonds. The molecule has 196 valence electrons. The third-order valence-corrected chi connectivity index (χ3v) is 7.90. The number of carbonyl (C=O) groups is 1. The number of aryl methyl sites for hydroxylation is 3. The summed E-state index contributed by atoms with van der Waals surface area (Å²) in [6.45, 7) is 10.9. The molecule has 0 bridgehead atoms. The second kappa shape index (κ2) is 9.75. The van der Waals surface area contributed by atoms with Gasteiger partial charge in [0.2, 0.25) is 0 Å². The molecule has 1 atom stereocenters. The number of pyridine rings is 2. The van der Waals surface area contributed by atoms with Gasteiger partial charge in [0.05, 0.1) is 15.4 Å². The number of thiophene rings is 1. The van der Waals surface area contributed by atoms with E-state index in [-0.39, 0.29) is 28.4 Å². The Hall–Kier alpha value is -3.50. The molecular formula is C27H31FN4O4S. The lowest BCUT2D eigenvalue weighted by Crippen LogP contribution is -2.26. The number of aromatic amines is 1. The third kappa shape index (κ3) is 4.78. The number of amides is 1. The van der Waals surface area contributed by atoms with E-state index < -0.39 is 17.3 Å². The van der Waals surface area contributed by atoms with E-state index in [1.165, 1.54) is 4.57 Å². The van der Waals surface area contributed by atoms with E-state index in [1.807, 2.05) is 13.8 Å². The highest BCUT2D eigenvalue weighted by molar-refractivity contribution is 7.16. The number of aliphatic hydroxyl groups is 1. The van der Waals surface area contributed by atoms with E-state index in [4.69, 9.17) is 4.74 Å². The van der Waals surface area contributed by atoms with Crippen LogP contribution in [-0.2, 0) is 7.05 Å². The molecule has 0 saturated heterocycles. The summed E-state index contributed by atoms with van der Waals surface area (Å²) >= 11 is 1.16. The second-order valence-electron chi connectivity index (χ2n) is 9.81. The molecule has 4 rings (SSSR count). The Kier molecular flexibility index (Phi) is 7.00. The molecule has 0 radical (unpaired) electrons. The van der Waals surface area contributed by atoms with Gasteiger partial charge in [-0.15, -0.1) is 11.3 Å². The first-order valence-corrected chi connectivity index (χ1v) is 12.8. The van der Waals surface area contributed by atoms with Crippen LogP contribution in [0.3, 0.4) is 0 Å². The number of nitrogens with zero attached hydrogens (tertiary/aromatic N) is 2. The van der Waals surface area contributed by atoms with Crippen molar-refractivity contribution in [3.05, 3.63) is 62.5 Å². The lowest BCUT2D eigenvalue weighted by atomic mass is 9.91. The summed E-state index contributed by atoms with van der Waals surface area (Å²) in [7, 11) is 1.60. The molecule has 4 aromatic heterocycles. The van der Waals surface area contributed by atoms with Crippen LogP contribution in [0.4, 0.5) is 4.39 Å². The van der Waals surface area contributed by atoms with Crippen LogP contribution in [0, 0.1) is 19.7 Å². The minimum absolute atomic E-state index is 0.00536. The van der Waals surface area contributed by atoms with Crippen molar-refractivity contribution in [3.8, 4) is 21.9 Å². The number of H-pyrrole nitrogens is 1. The Balaban J connectivity index is 2.03. The molecule has 4 heterocycles. The van der Waals surface area contributed by atoms with Crippen LogP contribution in [-0.4, -0.2) is 37.7 Å². The molecule has 0 aromatic carbocycles. The standard InChI is InChI=1S/C27H31FN4O4S/c1-8-30-25(33)18-9-16-17(12-32(7)26(34)20(16)31-18)24-22(36-21-13(2)10-29-11-14(21)3)19(28)23(37-24)15(4)27(5,6)35/h9-12,15,31,35H,8H2,1-7H3,(H,30,33). The van der Waals surface area contributed by atoms with Crippen LogP contribution >= 0.6 is 11.3 Å². The van der Waals surface area contributed by atoms with Gasteiger partial charge in [0.1, 0.15) is 17.0 Å². The first kappa shape index (κ1) is 26.6. The monoisotopic (exact) mass is 526 g/mol. The second-order valence-corrected chi connectivity index (χ2v) is 10.9. The number of aromatic nitrogens is 3. The number of carbonyl (C=O) groups excluding carboxylic acids is 1. The maximum absolute atomic E-state index is 16.1. The van der Waals surface area contributed by atoms with Gasteiger partial charge >= 0.3 is 0 Å². The van der Waals surface area contributed by atoms with Gasteiger partial charge < -0.3 is 24.7 Å². The Labute approximate surface area is 218 Å². The van der Waals surface area contributed by atoms with Crippen molar-refractivity contribution in [1.29, 1.82) is 0 Å². The Morgan fingerprint density at radius 1 is 1.30 bits per heavy atom. The normalized spacial score (nSPS) is 12.7. The molecule has 1 unspecified atom stereocenters. The number of nitrogens with one attached hydrogen (secondary N) is 2. The summed E-state index contributed by atoms with van der Waals surface area (Å²) in [6, 6.07) is 1.60. The van der Waals surface area contributed by atoms with Crippen LogP contribution in [0.1, 0.15) is 60.1 Å². The number of ether oxygens (including phenoxy) is 1. The van der Waals surface area contributed by atoms with Gasteiger partial charge in [-0.3, -0.25) is 14.6 Å². The maximum Gasteiger partial charge on any atom is 0.274 e. The molecular weight excluding hydrogens is 495 g/mol. The Morgan fingerprint density at radius 2 is 1.95 bits per heavy atom. The van der Waals surface area contributed by atoms with Gasteiger partial charge in [-0.2, -0.15) is 0 Å². The summed E-state index contributed by atoms with van der Waals surface area (Å²) in [5.74, 6) is -0.997. The number of rotatable bonds is 7. The molecule has 37 heavy (non-hydrogen) atoms. The molecule has 0 fully saturated rings. The number of fused-ring (bicyclic) bond motifs is 1. The van der Waals surface area contributed by atoms with Crippen LogP contribution in [0.15, 0.2) is 29.5 Å². The highest BCUT2D eigenvalue weighted by Crippen LogP contribution is 2.49. The smallest absolute Gasteiger partial charge is 0.274 e. The van der Waals surface area contributed by atoms with E-state index >= 15 is 4.39 Å². The zero-order valence-electron chi connectivity index (χ0n) is 21.9. The summed E-state index contributed by atoms with van der Waals surface area (Å²) in [5, 5.41) is 13.9. The van der Waals surface area contributed by atoms with Crippen LogP contribution < -0.4 is 15.6 Å². The van der Waals surface area contributed by atoms with Crippen molar-refractivity contribution in [2.75, 3.05) is 6.54 Å². The lowest BCUT2D eigenvalue weighted by molar-refractivity contribution is 0.0558. The SMILES string of the molecule is CCNC(=O)c1cc2c(-c3sc(C(C)C(C)(C)O)c(F)c3Oc3c(C)cncc3C)cn(C)c(=O)c2[nH]1. The van der Waals surface area contributed by atoms with Crippen LogP contribution in [0.25, 0.3) is 21.3 Å². The average molecular weight is 527 g/mol. The van der Waals surface area contributed by atoms with E-state index in [9.17, 15) is 14.7 Å². The van der Waals surface area contributed by atoms with E-state index in [0.29, 0.717) is 33.0 Å². The van der Waals surface area contributed by atoms with Gasteiger partial charge in [0, 0.05) is 60.2 Å². The summed E-state index contributed by atoms with van der Waals surface area (Å²) in [6.07, 6.45) is 4.90. The zero-order chi connectivity index (χ0) is 27.2. The number of halogens is 1. The van der Waals surface area contributed by atoms with Crippen molar-refractivity contribution in [2.45, 2.75) is 53.1 Å². The molecule has 0 aliphatic rings. The van der Waals surface area contributed by atoms with Crippen molar-refractivity contribution in [2.24, 2.45) is 7.05 Å². The predicted octanol–water partition coefficient (Wildman–Crippen LogP) is 5.16. The van der Waals surface area contributed by atoms with E-state index in [0.717, 1.165) is 22.5 Å². The van der Waals surface area contributed by atoms with E-state index in [2.05, 4.69) is 15.3 Å². The summed E-state index contributed by atoms with van der Waals surface area (Å²) in [4.78, 5) is 33.3. The first-order valence-electron chi connectivity index (χ1n) is 12.0. The number of hydrogen-bond acceptors (Lipinski definition) is 6. The highest BCUT2D eigenvalue weighted by atomic mass is 32.1. The molecule has 0 spiro atoms. The van der Waals surface area contributed by atoms with Gasteiger partial charge in [-0.25, -0.2) is 4.39 Å². The summed E-state index contributed by atoms with van der Waals surface area (Å²) < 4.78 is 23.8. The third-order valence-electron chi connectivity index (χ3n) is 6.54. The Morgan fingerprint density at radius 3 is 2.54 bits per heavy atom. The van der Waals surface area contributed by atoms with E-state index in [1.54, 1.807) is 59.4 Å². The topological polar surface area (TPSA) is 109 Å². The fourth-order valence-corrected chi connectivity index (χ4v) is 5.49. The average Bonchev–Trinajstić information content (AvgIpc) is 3.40. The van der Waals surface area contributed by atoms with Gasteiger partial charge in [-0.1, -0.05) is 6.92 Å². The molecule has 0 aliphatic carbocycles. The maximum atomic E-state index is 16.1. The predicted molar refractivity (Wildman–Crippen MR) is 143 cm³/mol. The van der Waals surface area contributed by atoms with Crippen LogP contribution in [0.5, 0.6) is 11.5 Å². The minimum Gasteiger partial charge on any atom is -0.452 e. The molecule has 4 aromatic rings. The van der Waals surface area contributed by atoms with Crippen molar-refractivity contribution >= 4 is 28.1 Å². The molecule has 0 saturated carbocycles. The van der Waals surface area contributed by atoms with Crippen molar-refractivity contribution < 1.29 is 19.0 Å². The zero-order valence-corrected chi connectivity index (χ0v) is 22.8. The number of hydrogen-bond donors (Lipinski definition) is 3. The fraction of sp³-hybridized carbons (Fsp3) is 0.370. The highest BCUT2D eigenvalue weighted by Gasteiger charge is 2.33. The van der Waals surface area contributed by atoms with Crippen LogP contribution in [0.2, 0.25) is 0 Å². The first-order chi connectivity index (χ1) is 17.3. The quantitative estimate of drug-likeness (QED) is 0.308. The van der Waals surface area contributed by atoms with Gasteiger partial charge in [0.15, 0.2) is 11.6 Å². The fourth-order valence-electron chi connectivity index (χ4n) is 4.13. The minimum atomic E-state index is -1.19. The summed E-state index contributed by atoms with van der Waals surface area (Å²) in [5.41, 5.74) is 0.947. The van der Waals surface area contributed by atoms with Crippen molar-refractivity contribution in [1.82, 2.24) is 19.9 Å². The van der Waals surface area contributed by atoms with Gasteiger partial charge in [0.25, 0.3) is 11.5 Å². The van der Waals surface area contributed by atoms with Crippen molar-refractivity contribution in [3.63, 3.8) is 0 Å². The lowest BCUT2D eigenvalue weighted by Gasteiger charge is -2.24.